The number of anilines is 1. The first kappa shape index (κ1) is 84.9. The number of carbonyl (C=O) groups is 5. The highest BCUT2D eigenvalue weighted by atomic mass is 35.5. The molecule has 0 saturated carbocycles. The highest BCUT2D eigenvalue weighted by Crippen LogP contribution is 2.55. The van der Waals surface area contributed by atoms with Crippen molar-refractivity contribution < 1.29 is 33.8 Å². The highest BCUT2D eigenvalue weighted by molar-refractivity contribution is 7.20. The number of H-pyrrole nitrogens is 1. The fraction of sp³-hybridized carbons (Fsp3) is 0.160. The number of rotatable bonds is 9. The van der Waals surface area contributed by atoms with Crippen molar-refractivity contribution in [2.24, 2.45) is 0 Å². The second-order valence-electron chi connectivity index (χ2n) is 31.5. The number of nitrogens with zero attached hydrogens (tertiary/aromatic N) is 8. The zero-order chi connectivity index (χ0) is 87.2. The molecule has 0 bridgehead atoms. The van der Waals surface area contributed by atoms with E-state index in [4.69, 9.17) is 67.7 Å². The lowest BCUT2D eigenvalue weighted by Gasteiger charge is -2.32. The molecule has 2 aliphatic heterocycles. The molecular formula is C100H73Cl5N10O7S5. The quantitative estimate of drug-likeness (QED) is 0.0900. The lowest BCUT2D eigenvalue weighted by Crippen LogP contribution is -2.33. The fourth-order valence-electron chi connectivity index (χ4n) is 17.5. The van der Waals surface area contributed by atoms with Gasteiger partial charge in [0, 0.05) is 167 Å². The minimum atomic E-state index is -1.17. The average Bonchev–Trinajstić information content (AvgIpc) is 1.55. The van der Waals surface area contributed by atoms with Gasteiger partial charge in [0.25, 0.3) is 0 Å². The lowest BCUT2D eigenvalue weighted by molar-refractivity contribution is -0.116. The molecule has 1 amide bonds. The van der Waals surface area contributed by atoms with Crippen LogP contribution in [0.3, 0.4) is 0 Å². The number of hydrogen-bond acceptors (Lipinski definition) is 19. The van der Waals surface area contributed by atoms with Crippen molar-refractivity contribution in [2.45, 2.75) is 100 Å². The number of thiophene rings is 4. The zero-order valence-corrected chi connectivity index (χ0v) is 75.5. The van der Waals surface area contributed by atoms with Crippen LogP contribution in [0.1, 0.15) is 182 Å². The monoisotopic (exact) mass is 1860 g/mol. The molecule has 0 fully saturated rings. The van der Waals surface area contributed by atoms with Gasteiger partial charge in [0.1, 0.15) is 15.6 Å². The molecular weight excluding hydrogens is 1790 g/mol. The molecule has 12 aromatic heterocycles. The minimum Gasteiger partial charge on any atom is -0.446 e. The van der Waals surface area contributed by atoms with E-state index in [0.717, 1.165) is 131 Å². The Morgan fingerprint density at radius 1 is 0.480 bits per heavy atom. The van der Waals surface area contributed by atoms with Gasteiger partial charge < -0.3 is 15.2 Å². The van der Waals surface area contributed by atoms with E-state index in [-0.39, 0.29) is 41.1 Å². The summed E-state index contributed by atoms with van der Waals surface area (Å²) in [6.07, 6.45) is 24.1. The molecule has 17 nitrogen and oxygen atoms in total. The van der Waals surface area contributed by atoms with Gasteiger partial charge >= 0.3 is 5.97 Å². The van der Waals surface area contributed by atoms with Gasteiger partial charge in [-0.25, -0.2) is 14.3 Å². The summed E-state index contributed by atoms with van der Waals surface area (Å²) >= 11 is 38.0. The number of ether oxygens (including phenoxy) is 1. The van der Waals surface area contributed by atoms with Crippen LogP contribution in [0, 0.1) is 6.92 Å². The molecule has 5 aromatic carbocycles. The summed E-state index contributed by atoms with van der Waals surface area (Å²) in [5.74, 6) is 0.744. The number of amides is 1. The number of aryl methyl sites for hydroxylation is 1. The topological polar surface area (TPSA) is 237 Å². The number of aliphatic hydroxyl groups is 1. The van der Waals surface area contributed by atoms with Gasteiger partial charge in [0.05, 0.1) is 59.4 Å². The fourth-order valence-corrected chi connectivity index (χ4v) is 24.2. The van der Waals surface area contributed by atoms with Crippen molar-refractivity contribution in [3.8, 4) is 62.9 Å². The third kappa shape index (κ3) is 17.1. The number of halogens is 5. The van der Waals surface area contributed by atoms with Crippen molar-refractivity contribution in [1.82, 2.24) is 44.7 Å². The molecule has 5 atom stereocenters. The third-order valence-corrected chi connectivity index (χ3v) is 30.9. The molecule has 127 heavy (non-hydrogen) atoms. The van der Waals surface area contributed by atoms with E-state index >= 15 is 0 Å². The molecule has 27 heteroatoms. The van der Waals surface area contributed by atoms with E-state index in [9.17, 15) is 29.1 Å². The van der Waals surface area contributed by atoms with E-state index < -0.39 is 11.2 Å². The highest BCUT2D eigenvalue weighted by Gasteiger charge is 2.52. The predicted octanol–water partition coefficient (Wildman–Crippen LogP) is 26.3. The van der Waals surface area contributed by atoms with E-state index in [1.165, 1.54) is 71.6 Å². The molecule has 3 N–H and O–H groups in total. The first-order valence-corrected chi connectivity index (χ1v) is 47.1. The van der Waals surface area contributed by atoms with Gasteiger partial charge in [-0.15, -0.1) is 45.3 Å². The van der Waals surface area contributed by atoms with Gasteiger partial charge in [-0.05, 0) is 246 Å². The van der Waals surface area contributed by atoms with Crippen LogP contribution in [-0.2, 0) is 27.2 Å². The van der Waals surface area contributed by atoms with Crippen molar-refractivity contribution in [3.05, 3.63) is 381 Å². The molecule has 5 unspecified atom stereocenters. The first-order valence-electron chi connectivity index (χ1n) is 41.1. The average molecular weight is 1860 g/mol. The molecule has 14 heterocycles. The molecule has 4 aliphatic carbocycles. The molecule has 630 valence electrons. The van der Waals surface area contributed by atoms with Gasteiger partial charge in [-0.2, -0.15) is 10.2 Å². The van der Waals surface area contributed by atoms with Crippen LogP contribution in [0.4, 0.5) is 5.00 Å². The Labute approximate surface area is 775 Å². The van der Waals surface area contributed by atoms with Crippen LogP contribution in [-0.4, -0.2) is 79.1 Å². The van der Waals surface area contributed by atoms with Gasteiger partial charge in [-0.3, -0.25) is 44.2 Å². The lowest BCUT2D eigenvalue weighted by atomic mass is 9.77. The van der Waals surface area contributed by atoms with E-state index in [1.807, 2.05) is 181 Å². The number of ketones is 3. The number of pyridine rings is 5. The number of nitrogens with one attached hydrogen (secondary N) is 2. The van der Waals surface area contributed by atoms with E-state index in [1.54, 1.807) is 72.8 Å². The molecule has 1 spiro atoms. The molecule has 0 radical (unpaired) electrons. The number of hydrogen-bond donors (Lipinski definition) is 3. The molecule has 17 aromatic rings. The Kier molecular flexibility index (Phi) is 24.2. The Morgan fingerprint density at radius 2 is 0.976 bits per heavy atom. The van der Waals surface area contributed by atoms with Crippen LogP contribution in [0.15, 0.2) is 268 Å². The molecule has 6 aliphatic rings. The van der Waals surface area contributed by atoms with Crippen molar-refractivity contribution in [2.75, 3.05) is 5.32 Å². The van der Waals surface area contributed by atoms with Gasteiger partial charge in [-0.1, -0.05) is 130 Å². The van der Waals surface area contributed by atoms with Gasteiger partial charge in [0.2, 0.25) is 5.91 Å². The van der Waals surface area contributed by atoms with Crippen molar-refractivity contribution in [3.63, 3.8) is 0 Å². The van der Waals surface area contributed by atoms with Crippen LogP contribution < -0.4 is 5.32 Å². The van der Waals surface area contributed by atoms with E-state index in [2.05, 4.69) is 89.1 Å². The maximum atomic E-state index is 12.6. The summed E-state index contributed by atoms with van der Waals surface area (Å²) in [7, 11) is 0. The summed E-state index contributed by atoms with van der Waals surface area (Å²) in [5, 5.41) is 31.7. The number of thiazole rings is 1. The normalized spacial score (nSPS) is 18.1. The number of fused-ring (bicyclic) bond motifs is 11. The maximum Gasteiger partial charge on any atom is 0.339 e. The van der Waals surface area contributed by atoms with Crippen LogP contribution in [0.2, 0.25) is 25.1 Å². The van der Waals surface area contributed by atoms with Crippen molar-refractivity contribution in [1.29, 1.82) is 0 Å². The zero-order valence-electron chi connectivity index (χ0n) is 67.6. The Hall–Kier alpha value is -11.6. The summed E-state index contributed by atoms with van der Waals surface area (Å²) in [4.78, 5) is 91.4. The summed E-state index contributed by atoms with van der Waals surface area (Å²) in [6.45, 7) is 1.99. The standard InChI is InChI=1S/C21H17ClN4OS.C20H14ClN3S.C20H12ClNO3S.C20H16ClNO2S.C19H14ClNOS/c1-12-18(16-4-2-3-11-26(16)25-12)20-24-19-15(13-5-7-14(22)8-6-13)9-10-17(27)23-21(19)28-20;21-15-3-1-12(2-4-15)16-9-14-11-23-24-19(14)20-17(16)10-18(25-20)13-5-7-22-8-6-13;21-12-1-2-14-13(9-12)19(24)25-20(14)6-3-16(23)18-15(20)10-17(26-18)11-4-7-22-8-5-11;21-15-5-3-14(4-6-15)20(24)9-1-2-17(23)19-16(20)12-18(25-19)13-7-10-22-11-8-13;20-14-3-1-12(2-4-14)15-5-6-17(22)19-16(15)11-18(23-19)13-7-9-21-10-8-13/h2-8,11,15H,9-10H2,1H3,(H,23,27);1-8,10-11,16H,9H2,(H,23,24);1-2,4-5,7-10H,3,6H2;3-8,10-12,24H,1-2,9H2;1-4,7-11,15H,5-6H2. The summed E-state index contributed by atoms with van der Waals surface area (Å²) in [6, 6.07) is 66.6. The second-order valence-corrected chi connectivity index (χ2v) is 38.9. The van der Waals surface area contributed by atoms with Gasteiger partial charge in [0.15, 0.2) is 23.0 Å². The maximum absolute atomic E-state index is 12.6. The minimum absolute atomic E-state index is 0.0319. The SMILES string of the molecule is Cc1nn2ccccc2c1-c1nc2c(s1)NC(=O)CCC2c1ccc(Cl)cc1.Clc1ccc(C2Cc3cn[nH]c3-c3sc(-c4ccncc4)cc32)cc1.O=C1CCC(c2ccc(Cl)cc2)c2cc(-c3ccncc3)sc21.O=C1CCCC(O)(c2ccc(Cl)cc2)c2cc(-c3ccncc3)sc21.O=C1OC2(CCC(=O)c3sc(-c4ccncc4)cc32)c2ccc(Cl)cc21. The van der Waals surface area contributed by atoms with E-state index in [0.29, 0.717) is 86.8 Å². The van der Waals surface area contributed by atoms with Crippen LogP contribution in [0.25, 0.3) is 68.4 Å². The Morgan fingerprint density at radius 3 is 1.57 bits per heavy atom. The summed E-state index contributed by atoms with van der Waals surface area (Å²) in [5.41, 5.74) is 18.2. The smallest absolute Gasteiger partial charge is 0.339 e. The first-order chi connectivity index (χ1) is 61.8. The number of Topliss-reactive ketones (excluding diaryl/α,β-unsaturated/α-hetero) is 3. The Balaban J connectivity index is 0.000000104. The third-order valence-electron chi connectivity index (χ3n) is 23.8. The number of aromatic amines is 1. The van der Waals surface area contributed by atoms with Crippen LogP contribution >= 0.6 is 115 Å². The number of aromatic nitrogens is 9. The summed E-state index contributed by atoms with van der Waals surface area (Å²) < 4.78 is 7.75. The molecule has 23 rings (SSSR count). The predicted molar refractivity (Wildman–Crippen MR) is 508 cm³/mol. The largest absolute Gasteiger partial charge is 0.446 e. The van der Waals surface area contributed by atoms with Crippen LogP contribution in [0.5, 0.6) is 0 Å². The Bertz CT molecular complexity index is 7030. The van der Waals surface area contributed by atoms with Crippen molar-refractivity contribution >= 4 is 154 Å². The number of benzene rings is 5. The number of carbonyl (C=O) groups excluding carboxylic acids is 5. The molecule has 0 saturated heterocycles. The number of esters is 1. The second kappa shape index (κ2) is 36.3.